The topological polar surface area (TPSA) is 12.9 Å². The van der Waals surface area contributed by atoms with Crippen molar-refractivity contribution in [1.29, 1.82) is 0 Å². The van der Waals surface area contributed by atoms with Crippen LogP contribution in [-0.2, 0) is 0 Å². The summed E-state index contributed by atoms with van der Waals surface area (Å²) >= 11 is 1.67. The Bertz CT molecular complexity index is 1010. The molecule has 0 atom stereocenters. The van der Waals surface area contributed by atoms with Crippen molar-refractivity contribution in [2.75, 3.05) is 0 Å². The molecule has 2 aromatic heterocycles. The zero-order valence-corrected chi connectivity index (χ0v) is 13.2. The van der Waals surface area contributed by atoms with Crippen LogP contribution in [0.1, 0.15) is 10.4 Å². The van der Waals surface area contributed by atoms with Gasteiger partial charge in [-0.25, -0.2) is 0 Å². The second-order valence-electron chi connectivity index (χ2n) is 5.16. The van der Waals surface area contributed by atoms with Crippen LogP contribution in [0.2, 0.25) is 0 Å². The lowest BCUT2D eigenvalue weighted by atomic mass is 10.1. The number of benzene rings is 2. The van der Waals surface area contributed by atoms with Crippen molar-refractivity contribution in [3.8, 4) is 22.4 Å². The zero-order chi connectivity index (χ0) is 15.5. The Morgan fingerprint density at radius 1 is 0.739 bits per heavy atom. The molecule has 0 spiro atoms. The van der Waals surface area contributed by atoms with Crippen LogP contribution >= 0.6 is 11.3 Å². The van der Waals surface area contributed by atoms with Gasteiger partial charge in [0.1, 0.15) is 0 Å². The van der Waals surface area contributed by atoms with E-state index in [2.05, 4.69) is 71.4 Å². The minimum absolute atomic E-state index is 0.996. The summed E-state index contributed by atoms with van der Waals surface area (Å²) < 4.78 is 0. The van der Waals surface area contributed by atoms with Crippen LogP contribution in [0.5, 0.6) is 0 Å². The van der Waals surface area contributed by atoms with Gasteiger partial charge in [0.25, 0.3) is 0 Å². The summed E-state index contributed by atoms with van der Waals surface area (Å²) in [6, 6.07) is 24.7. The number of hydrogen-bond acceptors (Lipinski definition) is 2. The monoisotopic (exact) mass is 311 g/mol. The minimum Gasteiger partial charge on any atom is -0.255 e. The van der Waals surface area contributed by atoms with Crippen LogP contribution in [0.25, 0.3) is 21.3 Å². The molecule has 0 saturated carbocycles. The maximum atomic E-state index is 4.38. The summed E-state index contributed by atoms with van der Waals surface area (Å²) in [6.07, 6.45) is 1.82. The van der Waals surface area contributed by atoms with E-state index in [1.807, 2.05) is 24.4 Å². The Hall–Kier alpha value is -2.89. The molecule has 108 valence electrons. The SMILES string of the molecule is C(#Cc1cccc2ccccc12)c1ccc(-c2ccccn2)s1. The molecule has 4 rings (SSSR count). The smallest absolute Gasteiger partial charge is 0.0802 e. The van der Waals surface area contributed by atoms with E-state index < -0.39 is 0 Å². The van der Waals surface area contributed by atoms with Crippen molar-refractivity contribution < 1.29 is 0 Å². The van der Waals surface area contributed by atoms with Gasteiger partial charge in [-0.1, -0.05) is 54.3 Å². The molecule has 0 radical (unpaired) electrons. The van der Waals surface area contributed by atoms with Gasteiger partial charge in [-0.15, -0.1) is 11.3 Å². The highest BCUT2D eigenvalue weighted by Gasteiger charge is 2.02. The molecule has 0 unspecified atom stereocenters. The average Bonchev–Trinajstić information content (AvgIpc) is 3.10. The average molecular weight is 311 g/mol. The lowest BCUT2D eigenvalue weighted by Crippen LogP contribution is -1.78. The Labute approximate surface area is 139 Å². The molecule has 1 nitrogen and oxygen atoms in total. The summed E-state index contributed by atoms with van der Waals surface area (Å²) in [5, 5.41) is 2.42. The van der Waals surface area contributed by atoms with E-state index in [0.29, 0.717) is 0 Å². The van der Waals surface area contributed by atoms with Gasteiger partial charge in [0.2, 0.25) is 0 Å². The van der Waals surface area contributed by atoms with E-state index in [1.165, 1.54) is 10.8 Å². The molecule has 0 fully saturated rings. The van der Waals surface area contributed by atoms with Gasteiger partial charge in [0.15, 0.2) is 0 Å². The Morgan fingerprint density at radius 2 is 1.61 bits per heavy atom. The van der Waals surface area contributed by atoms with Crippen LogP contribution in [0, 0.1) is 11.8 Å². The van der Waals surface area contributed by atoms with Crippen molar-refractivity contribution in [1.82, 2.24) is 4.98 Å². The molecule has 0 saturated heterocycles. The highest BCUT2D eigenvalue weighted by Crippen LogP contribution is 2.26. The molecule has 2 heteroatoms. The van der Waals surface area contributed by atoms with Crippen LogP contribution in [-0.4, -0.2) is 4.98 Å². The van der Waals surface area contributed by atoms with Gasteiger partial charge in [-0.3, -0.25) is 4.98 Å². The number of pyridine rings is 1. The predicted octanol–water partition coefficient (Wildman–Crippen LogP) is 5.36. The molecule has 0 aliphatic carbocycles. The van der Waals surface area contributed by atoms with E-state index in [4.69, 9.17) is 0 Å². The number of fused-ring (bicyclic) bond motifs is 1. The lowest BCUT2D eigenvalue weighted by Gasteiger charge is -1.99. The summed E-state index contributed by atoms with van der Waals surface area (Å²) in [6.45, 7) is 0. The second kappa shape index (κ2) is 6.08. The van der Waals surface area contributed by atoms with Crippen LogP contribution in [0.4, 0.5) is 0 Å². The van der Waals surface area contributed by atoms with Gasteiger partial charge in [0.05, 0.1) is 15.4 Å². The first-order chi connectivity index (χ1) is 11.4. The fourth-order valence-corrected chi connectivity index (χ4v) is 3.35. The van der Waals surface area contributed by atoms with E-state index in [0.717, 1.165) is 21.0 Å². The van der Waals surface area contributed by atoms with Crippen molar-refractivity contribution >= 4 is 22.1 Å². The molecule has 0 N–H and O–H groups in total. The van der Waals surface area contributed by atoms with Crippen molar-refractivity contribution in [3.63, 3.8) is 0 Å². The fraction of sp³-hybridized carbons (Fsp3) is 0. The summed E-state index contributed by atoms with van der Waals surface area (Å²) in [4.78, 5) is 6.58. The fourth-order valence-electron chi connectivity index (χ4n) is 2.51. The van der Waals surface area contributed by atoms with Gasteiger partial charge < -0.3 is 0 Å². The maximum Gasteiger partial charge on any atom is 0.0802 e. The minimum atomic E-state index is 0.996. The standard InChI is InChI=1S/C21H13NS/c1-2-9-19-16(6-1)7-5-8-17(19)11-12-18-13-14-21(23-18)20-10-3-4-15-22-20/h1-10,13-15H. The predicted molar refractivity (Wildman–Crippen MR) is 97.5 cm³/mol. The van der Waals surface area contributed by atoms with Gasteiger partial charge in [-0.2, -0.15) is 0 Å². The molecule has 4 aromatic rings. The number of thiophene rings is 1. The van der Waals surface area contributed by atoms with E-state index >= 15 is 0 Å². The molecule has 0 aliphatic heterocycles. The number of rotatable bonds is 1. The molecular formula is C21H13NS. The van der Waals surface area contributed by atoms with E-state index in [1.54, 1.807) is 11.3 Å². The third-order valence-corrected chi connectivity index (χ3v) is 4.66. The normalized spacial score (nSPS) is 10.3. The Balaban J connectivity index is 1.69. The highest BCUT2D eigenvalue weighted by atomic mass is 32.1. The molecular weight excluding hydrogens is 298 g/mol. The molecule has 2 heterocycles. The van der Waals surface area contributed by atoms with Crippen LogP contribution in [0.15, 0.2) is 79.0 Å². The maximum absolute atomic E-state index is 4.38. The lowest BCUT2D eigenvalue weighted by molar-refractivity contribution is 1.34. The van der Waals surface area contributed by atoms with Crippen LogP contribution in [0.3, 0.4) is 0 Å². The Morgan fingerprint density at radius 3 is 2.52 bits per heavy atom. The number of nitrogens with zero attached hydrogens (tertiary/aromatic N) is 1. The van der Waals surface area contributed by atoms with Gasteiger partial charge in [-0.05, 0) is 41.1 Å². The molecule has 2 aromatic carbocycles. The van der Waals surface area contributed by atoms with Crippen molar-refractivity contribution in [2.24, 2.45) is 0 Å². The van der Waals surface area contributed by atoms with Gasteiger partial charge in [0, 0.05) is 11.8 Å². The molecule has 0 bridgehead atoms. The molecule has 23 heavy (non-hydrogen) atoms. The van der Waals surface area contributed by atoms with E-state index in [9.17, 15) is 0 Å². The zero-order valence-electron chi connectivity index (χ0n) is 12.4. The summed E-state index contributed by atoms with van der Waals surface area (Å²) in [5.41, 5.74) is 2.06. The highest BCUT2D eigenvalue weighted by molar-refractivity contribution is 7.16. The van der Waals surface area contributed by atoms with Crippen LogP contribution < -0.4 is 0 Å². The quantitative estimate of drug-likeness (QED) is 0.431. The molecule has 0 amide bonds. The van der Waals surface area contributed by atoms with E-state index in [-0.39, 0.29) is 0 Å². The second-order valence-corrected chi connectivity index (χ2v) is 6.24. The first-order valence-corrected chi connectivity index (χ1v) is 8.23. The Kier molecular flexibility index (Phi) is 3.63. The first-order valence-electron chi connectivity index (χ1n) is 7.41. The molecule has 0 aliphatic rings. The number of aromatic nitrogens is 1. The van der Waals surface area contributed by atoms with Gasteiger partial charge >= 0.3 is 0 Å². The first kappa shape index (κ1) is 13.8. The third kappa shape index (κ3) is 2.88. The number of hydrogen-bond donors (Lipinski definition) is 0. The van der Waals surface area contributed by atoms with Crippen molar-refractivity contribution in [3.05, 3.63) is 89.4 Å². The third-order valence-electron chi connectivity index (χ3n) is 3.63. The summed E-state index contributed by atoms with van der Waals surface area (Å²) in [7, 11) is 0. The van der Waals surface area contributed by atoms with Crippen molar-refractivity contribution in [2.45, 2.75) is 0 Å². The largest absolute Gasteiger partial charge is 0.255 e. The summed E-state index contributed by atoms with van der Waals surface area (Å²) in [5.74, 6) is 6.59.